The smallest absolute Gasteiger partial charge is 0.408 e. The number of oxazole rings is 1. The van der Waals surface area contributed by atoms with Gasteiger partial charge in [0, 0.05) is 19.5 Å². The van der Waals surface area contributed by atoms with E-state index >= 15 is 0 Å². The highest BCUT2D eigenvalue weighted by atomic mass is 16.5. The van der Waals surface area contributed by atoms with Crippen molar-refractivity contribution >= 4 is 17.0 Å². The average Bonchev–Trinajstić information content (AvgIpc) is 3.01. The van der Waals surface area contributed by atoms with E-state index < -0.39 is 5.76 Å². The lowest BCUT2D eigenvalue weighted by Crippen LogP contribution is -2.46. The predicted molar refractivity (Wildman–Crippen MR) is 101 cm³/mol. The predicted octanol–water partition coefficient (Wildman–Crippen LogP) is 2.97. The number of morpholine rings is 1. The molecule has 2 aromatic carbocycles. The molecule has 0 spiro atoms. The Labute approximate surface area is 157 Å². The Bertz CT molecular complexity index is 992. The first-order valence-corrected chi connectivity index (χ1v) is 9.18. The van der Waals surface area contributed by atoms with Crippen molar-refractivity contribution < 1.29 is 13.9 Å². The van der Waals surface area contributed by atoms with E-state index in [-0.39, 0.29) is 24.5 Å². The van der Waals surface area contributed by atoms with Gasteiger partial charge in [-0.05, 0) is 24.6 Å². The van der Waals surface area contributed by atoms with Crippen LogP contribution < -0.4 is 5.76 Å². The van der Waals surface area contributed by atoms with Crippen molar-refractivity contribution in [3.8, 4) is 0 Å². The number of carbonyl (C=O) groups excluding carboxylic acids is 1. The third-order valence-corrected chi connectivity index (χ3v) is 4.91. The van der Waals surface area contributed by atoms with Crippen LogP contribution in [0.3, 0.4) is 0 Å². The summed E-state index contributed by atoms with van der Waals surface area (Å²) >= 11 is 0. The van der Waals surface area contributed by atoms with E-state index in [1.807, 2.05) is 60.4 Å². The van der Waals surface area contributed by atoms with Gasteiger partial charge in [0.25, 0.3) is 0 Å². The van der Waals surface area contributed by atoms with Gasteiger partial charge in [-0.1, -0.05) is 42.5 Å². The topological polar surface area (TPSA) is 64.7 Å². The monoisotopic (exact) mass is 366 g/mol. The molecule has 4 rings (SSSR count). The Morgan fingerprint density at radius 3 is 2.63 bits per heavy atom. The van der Waals surface area contributed by atoms with E-state index in [1.165, 1.54) is 4.57 Å². The maximum atomic E-state index is 12.8. The van der Waals surface area contributed by atoms with Crippen LogP contribution in [-0.2, 0) is 16.1 Å². The number of nitrogens with zero attached hydrogens (tertiary/aromatic N) is 2. The van der Waals surface area contributed by atoms with Gasteiger partial charge in [-0.25, -0.2) is 4.79 Å². The number of hydrogen-bond donors (Lipinski definition) is 0. The van der Waals surface area contributed by atoms with Crippen LogP contribution in [0.25, 0.3) is 11.1 Å². The fourth-order valence-corrected chi connectivity index (χ4v) is 3.60. The van der Waals surface area contributed by atoms with E-state index in [9.17, 15) is 9.59 Å². The molecule has 0 N–H and O–H groups in total. The van der Waals surface area contributed by atoms with Crippen LogP contribution in [0.1, 0.15) is 25.0 Å². The van der Waals surface area contributed by atoms with Gasteiger partial charge < -0.3 is 14.1 Å². The third kappa shape index (κ3) is 3.66. The number of rotatable bonds is 4. The zero-order chi connectivity index (χ0) is 18.8. The summed E-state index contributed by atoms with van der Waals surface area (Å²) in [4.78, 5) is 26.7. The van der Waals surface area contributed by atoms with Crippen molar-refractivity contribution in [1.29, 1.82) is 0 Å². The Morgan fingerprint density at radius 1 is 1.07 bits per heavy atom. The molecule has 140 valence electrons. The van der Waals surface area contributed by atoms with Crippen LogP contribution in [0, 0.1) is 0 Å². The number of amides is 1. The van der Waals surface area contributed by atoms with Gasteiger partial charge in [-0.3, -0.25) is 9.36 Å². The van der Waals surface area contributed by atoms with Crippen molar-refractivity contribution in [2.75, 3.05) is 13.1 Å². The molecule has 0 saturated carbocycles. The van der Waals surface area contributed by atoms with Crippen molar-refractivity contribution in [2.24, 2.45) is 0 Å². The van der Waals surface area contributed by atoms with Crippen LogP contribution in [-0.4, -0.2) is 34.6 Å². The second-order valence-corrected chi connectivity index (χ2v) is 6.88. The molecule has 0 radical (unpaired) electrons. The van der Waals surface area contributed by atoms with Gasteiger partial charge in [-0.15, -0.1) is 0 Å². The van der Waals surface area contributed by atoms with Crippen LogP contribution >= 0.6 is 0 Å². The summed E-state index contributed by atoms with van der Waals surface area (Å²) in [6.45, 7) is 3.36. The number of benzene rings is 2. The molecule has 0 bridgehead atoms. The molecule has 2 unspecified atom stereocenters. The fraction of sp³-hybridized carbons (Fsp3) is 0.333. The summed E-state index contributed by atoms with van der Waals surface area (Å²) in [6.07, 6.45) is 0.0826. The molecule has 2 heterocycles. The zero-order valence-electron chi connectivity index (χ0n) is 15.2. The minimum atomic E-state index is -0.429. The first kappa shape index (κ1) is 17.5. The lowest BCUT2D eigenvalue weighted by atomic mass is 10.1. The number of para-hydroxylation sites is 2. The number of hydrogen-bond acceptors (Lipinski definition) is 4. The molecule has 1 aliphatic rings. The van der Waals surface area contributed by atoms with Gasteiger partial charge >= 0.3 is 5.76 Å². The lowest BCUT2D eigenvalue weighted by molar-refractivity contribution is -0.145. The van der Waals surface area contributed by atoms with Crippen molar-refractivity contribution in [3.63, 3.8) is 0 Å². The SMILES string of the molecule is CC1CN(C(=O)CCn2c(=O)oc3ccccc32)CC(c2ccccc2)O1. The van der Waals surface area contributed by atoms with E-state index in [0.29, 0.717) is 30.7 Å². The van der Waals surface area contributed by atoms with Crippen LogP contribution in [0.5, 0.6) is 0 Å². The highest BCUT2D eigenvalue weighted by Crippen LogP contribution is 2.25. The minimum Gasteiger partial charge on any atom is -0.408 e. The Hall–Kier alpha value is -2.86. The molecule has 1 aromatic heterocycles. The first-order valence-electron chi connectivity index (χ1n) is 9.18. The number of carbonyl (C=O) groups is 1. The number of aryl methyl sites for hydroxylation is 1. The van der Waals surface area contributed by atoms with Crippen molar-refractivity contribution in [1.82, 2.24) is 9.47 Å². The second kappa shape index (κ2) is 7.40. The molecule has 6 heteroatoms. The van der Waals surface area contributed by atoms with Crippen molar-refractivity contribution in [2.45, 2.75) is 32.1 Å². The highest BCUT2D eigenvalue weighted by molar-refractivity contribution is 5.77. The Kier molecular flexibility index (Phi) is 4.81. The summed E-state index contributed by atoms with van der Waals surface area (Å²) in [5, 5.41) is 0. The molecular formula is C21H22N2O4. The molecule has 6 nitrogen and oxygen atoms in total. The summed E-state index contributed by atoms with van der Waals surface area (Å²) in [7, 11) is 0. The van der Waals surface area contributed by atoms with Gasteiger partial charge in [0.2, 0.25) is 5.91 Å². The molecule has 27 heavy (non-hydrogen) atoms. The fourth-order valence-electron chi connectivity index (χ4n) is 3.60. The minimum absolute atomic E-state index is 0.0169. The van der Waals surface area contributed by atoms with E-state index in [1.54, 1.807) is 6.07 Å². The Morgan fingerprint density at radius 2 is 1.81 bits per heavy atom. The van der Waals surface area contributed by atoms with Crippen molar-refractivity contribution in [3.05, 3.63) is 70.7 Å². The first-order chi connectivity index (χ1) is 13.1. The maximum absolute atomic E-state index is 12.8. The molecule has 0 aliphatic carbocycles. The number of fused-ring (bicyclic) bond motifs is 1. The van der Waals surface area contributed by atoms with Crippen LogP contribution in [0.2, 0.25) is 0 Å². The average molecular weight is 366 g/mol. The largest absolute Gasteiger partial charge is 0.419 e. The molecule has 1 saturated heterocycles. The molecule has 3 aromatic rings. The second-order valence-electron chi connectivity index (χ2n) is 6.88. The summed E-state index contributed by atoms with van der Waals surface area (Å²) in [5.41, 5.74) is 2.32. The Balaban J connectivity index is 1.46. The lowest BCUT2D eigenvalue weighted by Gasteiger charge is -2.37. The maximum Gasteiger partial charge on any atom is 0.419 e. The van der Waals surface area contributed by atoms with Gasteiger partial charge in [-0.2, -0.15) is 0 Å². The normalized spacial score (nSPS) is 20.1. The standard InChI is InChI=1S/C21H22N2O4/c1-15-13-22(14-19(26-15)16-7-3-2-4-8-16)20(24)11-12-23-17-9-5-6-10-18(17)27-21(23)25/h2-10,15,19H,11-14H2,1H3. The van der Waals surface area contributed by atoms with Crippen LogP contribution in [0.15, 0.2) is 63.8 Å². The summed E-state index contributed by atoms with van der Waals surface area (Å²) < 4.78 is 12.8. The molecule has 1 fully saturated rings. The quantitative estimate of drug-likeness (QED) is 0.712. The van der Waals surface area contributed by atoms with E-state index in [2.05, 4.69) is 0 Å². The highest BCUT2D eigenvalue weighted by Gasteiger charge is 2.29. The van der Waals surface area contributed by atoms with Gasteiger partial charge in [0.1, 0.15) is 6.10 Å². The molecular weight excluding hydrogens is 344 g/mol. The summed E-state index contributed by atoms with van der Waals surface area (Å²) in [6, 6.07) is 17.2. The number of aromatic nitrogens is 1. The molecule has 1 amide bonds. The molecule has 2 atom stereocenters. The zero-order valence-corrected chi connectivity index (χ0v) is 15.2. The third-order valence-electron chi connectivity index (χ3n) is 4.91. The molecule has 1 aliphatic heterocycles. The number of ether oxygens (including phenoxy) is 1. The van der Waals surface area contributed by atoms with Gasteiger partial charge in [0.05, 0.1) is 18.2 Å². The van der Waals surface area contributed by atoms with Crippen LogP contribution in [0.4, 0.5) is 0 Å². The van der Waals surface area contributed by atoms with Gasteiger partial charge in [0.15, 0.2) is 5.58 Å². The van der Waals surface area contributed by atoms with E-state index in [0.717, 1.165) is 5.56 Å². The van der Waals surface area contributed by atoms with E-state index in [4.69, 9.17) is 9.15 Å². The summed E-state index contributed by atoms with van der Waals surface area (Å²) in [5.74, 6) is -0.412.